The summed E-state index contributed by atoms with van der Waals surface area (Å²) >= 11 is 0. The van der Waals surface area contributed by atoms with Crippen LogP contribution in [0.15, 0.2) is 5.16 Å². The molecule has 2 atom stereocenters. The van der Waals surface area contributed by atoms with Crippen LogP contribution in [-0.4, -0.2) is 23.8 Å². The molecular weight excluding hydrogens is 240 g/mol. The van der Waals surface area contributed by atoms with Crippen LogP contribution in [0.3, 0.4) is 0 Å². The van der Waals surface area contributed by atoms with Gasteiger partial charge in [-0.3, -0.25) is 4.79 Å². The van der Waals surface area contributed by atoms with Gasteiger partial charge in [0.15, 0.2) is 0 Å². The lowest BCUT2D eigenvalue weighted by Crippen LogP contribution is -2.35. The van der Waals surface area contributed by atoms with Crippen molar-refractivity contribution in [2.75, 3.05) is 0 Å². The second kappa shape index (κ2) is 8.94. The van der Waals surface area contributed by atoms with Gasteiger partial charge in [-0.25, -0.2) is 0 Å². The summed E-state index contributed by atoms with van der Waals surface area (Å²) in [5, 5.41) is 7.11. The molecule has 1 amide bonds. The van der Waals surface area contributed by atoms with Crippen LogP contribution in [0.5, 0.6) is 0 Å². The fraction of sp³-hybridized carbons (Fsp3) is 0.867. The molecule has 0 heterocycles. The summed E-state index contributed by atoms with van der Waals surface area (Å²) in [5.41, 5.74) is 1.01. The van der Waals surface area contributed by atoms with Crippen molar-refractivity contribution >= 4 is 11.6 Å². The van der Waals surface area contributed by atoms with E-state index in [0.717, 1.165) is 18.6 Å². The van der Waals surface area contributed by atoms with Crippen molar-refractivity contribution in [1.82, 2.24) is 5.32 Å². The fourth-order valence-electron chi connectivity index (χ4n) is 1.30. The number of nitrogens with zero attached hydrogens (tertiary/aromatic N) is 1. The Morgan fingerprint density at radius 1 is 1.05 bits per heavy atom. The van der Waals surface area contributed by atoms with Crippen molar-refractivity contribution in [3.8, 4) is 0 Å². The number of carbonyl (C=O) groups is 1. The standard InChI is InChI=1S/C15H30N2O2/c1-10(2)14(7)17-19-13(6)9-8-12(5)16-15(18)11(3)4/h10-13H,8-9H2,1-7H3,(H,16,18)/b17-14+. The van der Waals surface area contributed by atoms with Crippen LogP contribution in [0.4, 0.5) is 0 Å². The molecule has 0 rings (SSSR count). The lowest BCUT2D eigenvalue weighted by Gasteiger charge is -2.17. The SMILES string of the molecule is C/C(=N\OC(C)CCC(C)NC(=O)C(C)C)C(C)C. The first-order valence-electron chi connectivity index (χ1n) is 7.24. The Balaban J connectivity index is 3.93. The molecule has 0 aromatic carbocycles. The van der Waals surface area contributed by atoms with Gasteiger partial charge in [0.1, 0.15) is 6.10 Å². The summed E-state index contributed by atoms with van der Waals surface area (Å²) in [7, 11) is 0. The number of oxime groups is 1. The largest absolute Gasteiger partial charge is 0.393 e. The molecule has 0 aliphatic rings. The molecule has 0 bridgehead atoms. The average Bonchev–Trinajstić information content (AvgIpc) is 2.32. The molecule has 0 aliphatic heterocycles. The summed E-state index contributed by atoms with van der Waals surface area (Å²) in [6, 6.07) is 0.177. The highest BCUT2D eigenvalue weighted by atomic mass is 16.6. The maximum absolute atomic E-state index is 11.5. The number of rotatable bonds is 8. The van der Waals surface area contributed by atoms with Crippen LogP contribution in [-0.2, 0) is 9.63 Å². The molecule has 112 valence electrons. The predicted molar refractivity (Wildman–Crippen MR) is 80.2 cm³/mol. The molecule has 0 spiro atoms. The van der Waals surface area contributed by atoms with Crippen LogP contribution < -0.4 is 5.32 Å². The Labute approximate surface area is 118 Å². The number of carbonyl (C=O) groups excluding carboxylic acids is 1. The second-order valence-electron chi connectivity index (χ2n) is 5.95. The second-order valence-corrected chi connectivity index (χ2v) is 5.95. The molecule has 19 heavy (non-hydrogen) atoms. The van der Waals surface area contributed by atoms with E-state index >= 15 is 0 Å². The van der Waals surface area contributed by atoms with E-state index < -0.39 is 0 Å². The van der Waals surface area contributed by atoms with Gasteiger partial charge in [-0.1, -0.05) is 32.9 Å². The van der Waals surface area contributed by atoms with Crippen molar-refractivity contribution < 1.29 is 9.63 Å². The van der Waals surface area contributed by atoms with Gasteiger partial charge in [-0.05, 0) is 39.5 Å². The molecule has 0 aliphatic carbocycles. The quantitative estimate of drug-likeness (QED) is 0.543. The normalized spacial score (nSPS) is 15.5. The first-order chi connectivity index (χ1) is 8.73. The van der Waals surface area contributed by atoms with Gasteiger partial charge in [0.2, 0.25) is 5.91 Å². The highest BCUT2D eigenvalue weighted by Crippen LogP contribution is 2.07. The zero-order chi connectivity index (χ0) is 15.0. The summed E-state index contributed by atoms with van der Waals surface area (Å²) in [6.45, 7) is 14.0. The highest BCUT2D eigenvalue weighted by Gasteiger charge is 2.12. The molecule has 0 fully saturated rings. The summed E-state index contributed by atoms with van der Waals surface area (Å²) in [6.07, 6.45) is 1.86. The van der Waals surface area contributed by atoms with Gasteiger partial charge in [-0.15, -0.1) is 0 Å². The Kier molecular flexibility index (Phi) is 8.44. The molecular formula is C15H30N2O2. The van der Waals surface area contributed by atoms with Crippen LogP contribution in [0.25, 0.3) is 0 Å². The molecule has 0 saturated heterocycles. The van der Waals surface area contributed by atoms with Gasteiger partial charge in [0.25, 0.3) is 0 Å². The average molecular weight is 270 g/mol. The topological polar surface area (TPSA) is 50.7 Å². The van der Waals surface area contributed by atoms with Crippen molar-refractivity contribution in [3.05, 3.63) is 0 Å². The molecule has 0 saturated carbocycles. The molecule has 2 unspecified atom stereocenters. The third kappa shape index (κ3) is 8.62. The Morgan fingerprint density at radius 2 is 1.63 bits per heavy atom. The maximum Gasteiger partial charge on any atom is 0.222 e. The minimum absolute atomic E-state index is 0.0365. The van der Waals surface area contributed by atoms with Crippen LogP contribution in [0.1, 0.15) is 61.3 Å². The van der Waals surface area contributed by atoms with E-state index in [1.54, 1.807) is 0 Å². The smallest absolute Gasteiger partial charge is 0.222 e. The van der Waals surface area contributed by atoms with Gasteiger partial charge in [0.05, 0.1) is 5.71 Å². The zero-order valence-electron chi connectivity index (χ0n) is 13.5. The predicted octanol–water partition coefficient (Wildman–Crippen LogP) is 3.36. The Morgan fingerprint density at radius 3 is 2.11 bits per heavy atom. The van der Waals surface area contributed by atoms with E-state index in [1.807, 2.05) is 34.6 Å². The third-order valence-electron chi connectivity index (χ3n) is 3.13. The van der Waals surface area contributed by atoms with Crippen LogP contribution in [0.2, 0.25) is 0 Å². The zero-order valence-corrected chi connectivity index (χ0v) is 13.5. The van der Waals surface area contributed by atoms with Gasteiger partial charge < -0.3 is 10.2 Å². The number of hydrogen-bond acceptors (Lipinski definition) is 3. The Hall–Kier alpha value is -1.06. The first kappa shape index (κ1) is 17.9. The maximum atomic E-state index is 11.5. The van der Waals surface area contributed by atoms with E-state index in [2.05, 4.69) is 24.3 Å². The number of hydrogen-bond donors (Lipinski definition) is 1. The monoisotopic (exact) mass is 270 g/mol. The Bertz CT molecular complexity index is 299. The minimum atomic E-state index is 0.0365. The van der Waals surface area contributed by atoms with Crippen molar-refractivity contribution in [3.63, 3.8) is 0 Å². The first-order valence-corrected chi connectivity index (χ1v) is 7.24. The summed E-state index contributed by atoms with van der Waals surface area (Å²) in [5.74, 6) is 0.556. The molecule has 0 aromatic rings. The van der Waals surface area contributed by atoms with Crippen LogP contribution >= 0.6 is 0 Å². The van der Waals surface area contributed by atoms with E-state index in [1.165, 1.54) is 0 Å². The van der Waals surface area contributed by atoms with Crippen molar-refractivity contribution in [1.29, 1.82) is 0 Å². The molecule has 4 heteroatoms. The van der Waals surface area contributed by atoms with Crippen molar-refractivity contribution in [2.45, 2.75) is 73.5 Å². The number of amides is 1. The lowest BCUT2D eigenvalue weighted by atomic mass is 10.1. The fourth-order valence-corrected chi connectivity index (χ4v) is 1.30. The minimum Gasteiger partial charge on any atom is -0.393 e. The lowest BCUT2D eigenvalue weighted by molar-refractivity contribution is -0.124. The van der Waals surface area contributed by atoms with Crippen molar-refractivity contribution in [2.24, 2.45) is 17.0 Å². The van der Waals surface area contributed by atoms with Crippen LogP contribution in [0, 0.1) is 11.8 Å². The van der Waals surface area contributed by atoms with E-state index in [0.29, 0.717) is 5.92 Å². The van der Waals surface area contributed by atoms with E-state index in [9.17, 15) is 4.79 Å². The van der Waals surface area contributed by atoms with Gasteiger partial charge >= 0.3 is 0 Å². The molecule has 4 nitrogen and oxygen atoms in total. The molecule has 0 aromatic heterocycles. The van der Waals surface area contributed by atoms with E-state index in [4.69, 9.17) is 4.84 Å². The highest BCUT2D eigenvalue weighted by molar-refractivity contribution is 5.83. The van der Waals surface area contributed by atoms with Gasteiger partial charge in [0, 0.05) is 12.0 Å². The van der Waals surface area contributed by atoms with Gasteiger partial charge in [-0.2, -0.15) is 0 Å². The van der Waals surface area contributed by atoms with E-state index in [-0.39, 0.29) is 24.0 Å². The number of nitrogens with one attached hydrogen (secondary N) is 1. The summed E-state index contributed by atoms with van der Waals surface area (Å²) < 4.78 is 0. The summed E-state index contributed by atoms with van der Waals surface area (Å²) in [4.78, 5) is 17.0. The third-order valence-corrected chi connectivity index (χ3v) is 3.13. The molecule has 0 radical (unpaired) electrons. The molecule has 1 N–H and O–H groups in total.